The van der Waals surface area contributed by atoms with Crippen molar-refractivity contribution in [3.05, 3.63) is 24.4 Å². The number of nitrogens with two attached hydrogens (primary N) is 1. The maximum Gasteiger partial charge on any atom is 0.240 e. The maximum absolute atomic E-state index is 12.9. The SMILES string of the molecule is CCCC(CCC)(C(=O)N(C)c1ccccn1)C(N)=S. The molecule has 0 fully saturated rings. The predicted octanol–water partition coefficient (Wildman–Crippen LogP) is 2.92. The summed E-state index contributed by atoms with van der Waals surface area (Å²) in [6.45, 7) is 4.08. The average Bonchev–Trinajstić information content (AvgIpc) is 2.46. The number of nitrogens with zero attached hydrogens (tertiary/aromatic N) is 2. The number of carbonyl (C=O) groups excluding carboxylic acids is 1. The van der Waals surface area contributed by atoms with E-state index in [4.69, 9.17) is 18.0 Å². The van der Waals surface area contributed by atoms with Gasteiger partial charge in [0, 0.05) is 13.2 Å². The van der Waals surface area contributed by atoms with Crippen LogP contribution in [0, 0.1) is 5.41 Å². The van der Waals surface area contributed by atoms with Gasteiger partial charge in [0.25, 0.3) is 0 Å². The smallest absolute Gasteiger partial charge is 0.240 e. The number of amides is 1. The van der Waals surface area contributed by atoms with E-state index < -0.39 is 5.41 Å². The van der Waals surface area contributed by atoms with E-state index in [2.05, 4.69) is 4.98 Å². The molecular formula is C15H23N3OS. The summed E-state index contributed by atoms with van der Waals surface area (Å²) in [6, 6.07) is 5.48. The Bertz CT molecular complexity index is 455. The molecule has 1 heterocycles. The van der Waals surface area contributed by atoms with Gasteiger partial charge >= 0.3 is 0 Å². The van der Waals surface area contributed by atoms with Crippen molar-refractivity contribution in [1.29, 1.82) is 0 Å². The third kappa shape index (κ3) is 3.33. The van der Waals surface area contributed by atoms with Crippen LogP contribution in [0.1, 0.15) is 39.5 Å². The first-order chi connectivity index (χ1) is 9.49. The van der Waals surface area contributed by atoms with Gasteiger partial charge in [0.05, 0.1) is 10.4 Å². The number of pyridine rings is 1. The highest BCUT2D eigenvalue weighted by Gasteiger charge is 2.42. The molecule has 0 spiro atoms. The largest absolute Gasteiger partial charge is 0.392 e. The Hall–Kier alpha value is -1.49. The van der Waals surface area contributed by atoms with Gasteiger partial charge in [-0.1, -0.05) is 45.0 Å². The third-order valence-corrected chi connectivity index (χ3v) is 3.92. The monoisotopic (exact) mass is 293 g/mol. The Balaban J connectivity index is 3.13. The van der Waals surface area contributed by atoms with Crippen LogP contribution in [-0.2, 0) is 4.79 Å². The van der Waals surface area contributed by atoms with Crippen LogP contribution in [0.4, 0.5) is 5.82 Å². The van der Waals surface area contributed by atoms with Crippen LogP contribution >= 0.6 is 12.2 Å². The van der Waals surface area contributed by atoms with Crippen LogP contribution in [0.15, 0.2) is 24.4 Å². The van der Waals surface area contributed by atoms with Crippen LogP contribution in [0.3, 0.4) is 0 Å². The molecule has 5 heteroatoms. The van der Waals surface area contributed by atoms with Gasteiger partial charge in [0.2, 0.25) is 5.91 Å². The topological polar surface area (TPSA) is 59.2 Å². The zero-order chi connectivity index (χ0) is 15.2. The van der Waals surface area contributed by atoms with Gasteiger partial charge < -0.3 is 5.73 Å². The molecule has 0 saturated carbocycles. The van der Waals surface area contributed by atoms with E-state index in [1.54, 1.807) is 24.2 Å². The Morgan fingerprint density at radius 2 is 1.95 bits per heavy atom. The van der Waals surface area contributed by atoms with E-state index in [1.165, 1.54) is 0 Å². The summed E-state index contributed by atoms with van der Waals surface area (Å²) < 4.78 is 0. The lowest BCUT2D eigenvalue weighted by Gasteiger charge is -2.34. The van der Waals surface area contributed by atoms with Crippen molar-refractivity contribution < 1.29 is 4.79 Å². The summed E-state index contributed by atoms with van der Waals surface area (Å²) in [5, 5.41) is 0. The molecule has 0 aliphatic carbocycles. The Morgan fingerprint density at radius 1 is 1.35 bits per heavy atom. The fraction of sp³-hybridized carbons (Fsp3) is 0.533. The van der Waals surface area contributed by atoms with Crippen LogP contribution in [-0.4, -0.2) is 22.9 Å². The van der Waals surface area contributed by atoms with Gasteiger partial charge in [-0.3, -0.25) is 9.69 Å². The molecule has 0 bridgehead atoms. The van der Waals surface area contributed by atoms with Gasteiger partial charge in [-0.05, 0) is 25.0 Å². The summed E-state index contributed by atoms with van der Waals surface area (Å²) in [6.07, 6.45) is 4.73. The molecule has 110 valence electrons. The second kappa shape index (κ2) is 7.33. The summed E-state index contributed by atoms with van der Waals surface area (Å²) in [7, 11) is 1.73. The van der Waals surface area contributed by atoms with Crippen molar-refractivity contribution in [2.75, 3.05) is 11.9 Å². The number of anilines is 1. The molecule has 1 amide bonds. The minimum absolute atomic E-state index is 0.0626. The first-order valence-electron chi connectivity index (χ1n) is 6.98. The fourth-order valence-electron chi connectivity index (χ4n) is 2.52. The highest BCUT2D eigenvalue weighted by Crippen LogP contribution is 2.33. The van der Waals surface area contributed by atoms with Crippen molar-refractivity contribution in [2.45, 2.75) is 39.5 Å². The fourth-order valence-corrected chi connectivity index (χ4v) is 2.81. The van der Waals surface area contributed by atoms with E-state index in [0.29, 0.717) is 18.7 Å². The van der Waals surface area contributed by atoms with Crippen LogP contribution in [0.2, 0.25) is 0 Å². The van der Waals surface area contributed by atoms with Crippen molar-refractivity contribution in [3.8, 4) is 0 Å². The van der Waals surface area contributed by atoms with Crippen LogP contribution in [0.5, 0.6) is 0 Å². The molecule has 0 unspecified atom stereocenters. The zero-order valence-corrected chi connectivity index (χ0v) is 13.2. The molecule has 0 aliphatic heterocycles. The second-order valence-electron chi connectivity index (χ2n) is 5.00. The van der Waals surface area contributed by atoms with E-state index >= 15 is 0 Å². The van der Waals surface area contributed by atoms with Crippen molar-refractivity contribution in [1.82, 2.24) is 4.98 Å². The Kier molecular flexibility index (Phi) is 6.07. The summed E-state index contributed by atoms with van der Waals surface area (Å²) in [4.78, 5) is 19.0. The maximum atomic E-state index is 12.9. The molecule has 4 nitrogen and oxygen atoms in total. The Labute approximate surface area is 126 Å². The highest BCUT2D eigenvalue weighted by atomic mass is 32.1. The number of hydrogen-bond acceptors (Lipinski definition) is 3. The first kappa shape index (κ1) is 16.6. The predicted molar refractivity (Wildman–Crippen MR) is 86.7 cm³/mol. The van der Waals surface area contributed by atoms with E-state index in [0.717, 1.165) is 12.8 Å². The summed E-state index contributed by atoms with van der Waals surface area (Å²) in [5.41, 5.74) is 5.17. The lowest BCUT2D eigenvalue weighted by atomic mass is 9.77. The van der Waals surface area contributed by atoms with Gasteiger partial charge in [-0.2, -0.15) is 0 Å². The molecule has 2 N–H and O–H groups in total. The van der Waals surface area contributed by atoms with Crippen molar-refractivity contribution >= 4 is 28.9 Å². The average molecular weight is 293 g/mol. The molecule has 0 aromatic carbocycles. The first-order valence-corrected chi connectivity index (χ1v) is 7.39. The quantitative estimate of drug-likeness (QED) is 0.785. The van der Waals surface area contributed by atoms with Gasteiger partial charge in [0.1, 0.15) is 5.82 Å². The molecule has 0 radical (unpaired) electrons. The molecular weight excluding hydrogens is 270 g/mol. The van der Waals surface area contributed by atoms with Crippen molar-refractivity contribution in [3.63, 3.8) is 0 Å². The molecule has 0 aliphatic rings. The van der Waals surface area contributed by atoms with Gasteiger partial charge in [-0.15, -0.1) is 0 Å². The normalized spacial score (nSPS) is 11.2. The number of rotatable bonds is 7. The number of aromatic nitrogens is 1. The number of hydrogen-bond donors (Lipinski definition) is 1. The highest BCUT2D eigenvalue weighted by molar-refractivity contribution is 7.80. The second-order valence-corrected chi connectivity index (χ2v) is 5.44. The lowest BCUT2D eigenvalue weighted by molar-refractivity contribution is -0.125. The molecule has 0 atom stereocenters. The number of carbonyl (C=O) groups is 1. The van der Waals surface area contributed by atoms with Crippen molar-refractivity contribution in [2.24, 2.45) is 11.1 Å². The third-order valence-electron chi connectivity index (χ3n) is 3.53. The molecule has 0 saturated heterocycles. The van der Waals surface area contributed by atoms with Gasteiger partial charge in [0.15, 0.2) is 0 Å². The molecule has 20 heavy (non-hydrogen) atoms. The Morgan fingerprint density at radius 3 is 2.35 bits per heavy atom. The molecule has 1 aromatic rings. The standard InChI is InChI=1S/C15H23N3OS/c1-4-9-15(10-5-2,13(16)20)14(19)18(3)12-8-6-7-11-17-12/h6-8,11H,4-5,9-10H2,1-3H3,(H2,16,20). The van der Waals surface area contributed by atoms with E-state index in [9.17, 15) is 4.79 Å². The van der Waals surface area contributed by atoms with Crippen LogP contribution < -0.4 is 10.6 Å². The summed E-state index contributed by atoms with van der Waals surface area (Å²) >= 11 is 5.22. The van der Waals surface area contributed by atoms with E-state index in [-0.39, 0.29) is 10.9 Å². The summed E-state index contributed by atoms with van der Waals surface area (Å²) in [5.74, 6) is 0.553. The molecule has 1 rings (SSSR count). The van der Waals surface area contributed by atoms with Crippen LogP contribution in [0.25, 0.3) is 0 Å². The molecule has 1 aromatic heterocycles. The van der Waals surface area contributed by atoms with Gasteiger partial charge in [-0.25, -0.2) is 4.98 Å². The van der Waals surface area contributed by atoms with E-state index in [1.807, 2.05) is 26.0 Å². The zero-order valence-electron chi connectivity index (χ0n) is 12.4. The number of thiocarbonyl (C=S) groups is 1. The minimum Gasteiger partial charge on any atom is -0.392 e. The minimum atomic E-state index is -0.759. The lowest BCUT2D eigenvalue weighted by Crippen LogP contribution is -2.49.